The zero-order valence-corrected chi connectivity index (χ0v) is 13.6. The lowest BCUT2D eigenvalue weighted by Crippen LogP contribution is -2.51. The fraction of sp³-hybridized carbons (Fsp3) is 0.941. The normalized spacial score (nSPS) is 32.2. The average molecular weight is 280 g/mol. The van der Waals surface area contributed by atoms with Gasteiger partial charge in [-0.3, -0.25) is 4.79 Å². The Morgan fingerprint density at radius 3 is 2.70 bits per heavy atom. The number of rotatable bonds is 3. The fourth-order valence-corrected chi connectivity index (χ4v) is 3.93. The van der Waals surface area contributed by atoms with Gasteiger partial charge < -0.3 is 10.2 Å². The summed E-state index contributed by atoms with van der Waals surface area (Å²) in [7, 11) is 0. The third-order valence-electron chi connectivity index (χ3n) is 5.61. The molecule has 2 unspecified atom stereocenters. The lowest BCUT2D eigenvalue weighted by Gasteiger charge is -2.39. The Labute approximate surface area is 124 Å². The lowest BCUT2D eigenvalue weighted by molar-refractivity contribution is -0.143. The summed E-state index contributed by atoms with van der Waals surface area (Å²) < 4.78 is 0. The van der Waals surface area contributed by atoms with Gasteiger partial charge in [0.25, 0.3) is 0 Å². The van der Waals surface area contributed by atoms with Crippen LogP contribution in [0.4, 0.5) is 0 Å². The zero-order chi connectivity index (χ0) is 14.6. The molecule has 1 amide bonds. The van der Waals surface area contributed by atoms with E-state index in [1.807, 2.05) is 0 Å². The minimum absolute atomic E-state index is 0.115. The van der Waals surface area contributed by atoms with Gasteiger partial charge in [0.05, 0.1) is 5.41 Å². The van der Waals surface area contributed by atoms with Crippen LogP contribution < -0.4 is 5.32 Å². The molecule has 2 aliphatic heterocycles. The van der Waals surface area contributed by atoms with E-state index < -0.39 is 0 Å². The van der Waals surface area contributed by atoms with Crippen LogP contribution in [-0.2, 0) is 4.79 Å². The highest BCUT2D eigenvalue weighted by Crippen LogP contribution is 2.34. The van der Waals surface area contributed by atoms with E-state index in [4.69, 9.17) is 0 Å². The fourth-order valence-electron chi connectivity index (χ4n) is 3.93. The van der Waals surface area contributed by atoms with Crippen molar-refractivity contribution in [1.29, 1.82) is 0 Å². The van der Waals surface area contributed by atoms with Gasteiger partial charge in [0.2, 0.25) is 5.91 Å². The number of nitrogens with zero attached hydrogens (tertiary/aromatic N) is 1. The third-order valence-corrected chi connectivity index (χ3v) is 5.61. The Balaban J connectivity index is 2.00. The molecular weight excluding hydrogens is 248 g/mol. The van der Waals surface area contributed by atoms with Gasteiger partial charge in [-0.25, -0.2) is 0 Å². The van der Waals surface area contributed by atoms with E-state index in [2.05, 4.69) is 31.0 Å². The van der Waals surface area contributed by atoms with Gasteiger partial charge in [-0.15, -0.1) is 0 Å². The lowest BCUT2D eigenvalue weighted by atomic mass is 9.77. The van der Waals surface area contributed by atoms with Gasteiger partial charge in [0.1, 0.15) is 0 Å². The molecule has 0 radical (unpaired) electrons. The summed E-state index contributed by atoms with van der Waals surface area (Å²) in [6, 6.07) is 0. The maximum atomic E-state index is 13.0. The summed E-state index contributed by atoms with van der Waals surface area (Å²) in [4.78, 5) is 15.2. The maximum Gasteiger partial charge on any atom is 0.230 e. The van der Waals surface area contributed by atoms with E-state index in [1.165, 1.54) is 19.3 Å². The summed E-state index contributed by atoms with van der Waals surface area (Å²) in [5, 5.41) is 3.44. The van der Waals surface area contributed by atoms with E-state index >= 15 is 0 Å². The Kier molecular flexibility index (Phi) is 5.48. The van der Waals surface area contributed by atoms with Crippen LogP contribution in [0, 0.1) is 17.3 Å². The van der Waals surface area contributed by atoms with Crippen LogP contribution in [0.15, 0.2) is 0 Å². The van der Waals surface area contributed by atoms with Gasteiger partial charge in [0.15, 0.2) is 0 Å². The van der Waals surface area contributed by atoms with Crippen molar-refractivity contribution in [3.63, 3.8) is 0 Å². The minimum atomic E-state index is -0.115. The van der Waals surface area contributed by atoms with Crippen molar-refractivity contribution < 1.29 is 4.79 Å². The first kappa shape index (κ1) is 15.8. The van der Waals surface area contributed by atoms with Crippen molar-refractivity contribution in [2.75, 3.05) is 26.2 Å². The maximum absolute atomic E-state index is 13.0. The van der Waals surface area contributed by atoms with Crippen LogP contribution >= 0.6 is 0 Å². The molecule has 2 fully saturated rings. The first-order chi connectivity index (χ1) is 9.59. The second kappa shape index (κ2) is 6.93. The van der Waals surface area contributed by atoms with Crippen LogP contribution in [0.2, 0.25) is 0 Å². The standard InChI is InChI=1S/C17H32N2O/c1-4-17(9-6-10-18-13-17)16(20)19-11-5-7-15(8-12-19)14(2)3/h14-15,18H,4-13H2,1-3H3. The number of nitrogens with one attached hydrogen (secondary N) is 1. The Morgan fingerprint density at radius 2 is 2.10 bits per heavy atom. The molecule has 0 saturated carbocycles. The smallest absolute Gasteiger partial charge is 0.230 e. The number of hydrogen-bond acceptors (Lipinski definition) is 2. The summed E-state index contributed by atoms with van der Waals surface area (Å²) in [6.45, 7) is 10.7. The highest BCUT2D eigenvalue weighted by molar-refractivity contribution is 5.83. The molecule has 1 N–H and O–H groups in total. The molecule has 116 valence electrons. The number of amides is 1. The molecule has 2 rings (SSSR count). The largest absolute Gasteiger partial charge is 0.342 e. The predicted molar refractivity (Wildman–Crippen MR) is 83.6 cm³/mol. The molecule has 20 heavy (non-hydrogen) atoms. The van der Waals surface area contributed by atoms with Crippen LogP contribution in [0.5, 0.6) is 0 Å². The third kappa shape index (κ3) is 3.36. The Bertz CT molecular complexity index is 321. The molecule has 0 spiro atoms. The molecule has 0 aromatic rings. The van der Waals surface area contributed by atoms with Gasteiger partial charge in [-0.2, -0.15) is 0 Å². The Morgan fingerprint density at radius 1 is 1.30 bits per heavy atom. The summed E-state index contributed by atoms with van der Waals surface area (Å²) in [5.41, 5.74) is -0.115. The number of hydrogen-bond donors (Lipinski definition) is 1. The quantitative estimate of drug-likeness (QED) is 0.862. The second-order valence-corrected chi connectivity index (χ2v) is 7.14. The van der Waals surface area contributed by atoms with Crippen LogP contribution in [0.1, 0.15) is 59.3 Å². The Hall–Kier alpha value is -0.570. The molecule has 0 aromatic carbocycles. The number of likely N-dealkylation sites (tertiary alicyclic amines) is 1. The van der Waals surface area contributed by atoms with E-state index in [0.717, 1.165) is 57.3 Å². The molecule has 2 atom stereocenters. The number of carbonyl (C=O) groups is 1. The molecular formula is C17H32N2O. The SMILES string of the molecule is CCC1(C(=O)N2CCCC(C(C)C)CC2)CCCNC1. The zero-order valence-electron chi connectivity index (χ0n) is 13.6. The van der Waals surface area contributed by atoms with E-state index in [1.54, 1.807) is 0 Å². The van der Waals surface area contributed by atoms with Gasteiger partial charge >= 0.3 is 0 Å². The van der Waals surface area contributed by atoms with Crippen molar-refractivity contribution in [3.05, 3.63) is 0 Å². The summed E-state index contributed by atoms with van der Waals surface area (Å²) in [5.74, 6) is 1.98. The summed E-state index contributed by atoms with van der Waals surface area (Å²) >= 11 is 0. The molecule has 0 bridgehead atoms. The van der Waals surface area contributed by atoms with Crippen molar-refractivity contribution in [2.24, 2.45) is 17.3 Å². The highest BCUT2D eigenvalue weighted by Gasteiger charge is 2.40. The molecule has 0 aliphatic carbocycles. The van der Waals surface area contributed by atoms with Gasteiger partial charge in [-0.05, 0) is 56.9 Å². The van der Waals surface area contributed by atoms with Crippen LogP contribution in [-0.4, -0.2) is 37.0 Å². The highest BCUT2D eigenvalue weighted by atomic mass is 16.2. The van der Waals surface area contributed by atoms with Gasteiger partial charge in [0, 0.05) is 19.6 Å². The monoisotopic (exact) mass is 280 g/mol. The molecule has 2 aliphatic rings. The molecule has 2 saturated heterocycles. The molecule has 0 aromatic heterocycles. The minimum Gasteiger partial charge on any atom is -0.342 e. The first-order valence-corrected chi connectivity index (χ1v) is 8.59. The number of carbonyl (C=O) groups excluding carboxylic acids is 1. The van der Waals surface area contributed by atoms with Crippen LogP contribution in [0.25, 0.3) is 0 Å². The van der Waals surface area contributed by atoms with Crippen molar-refractivity contribution >= 4 is 5.91 Å². The predicted octanol–water partition coefficient (Wildman–Crippen LogP) is 3.05. The first-order valence-electron chi connectivity index (χ1n) is 8.59. The topological polar surface area (TPSA) is 32.3 Å². The van der Waals surface area contributed by atoms with Crippen molar-refractivity contribution in [3.8, 4) is 0 Å². The molecule has 2 heterocycles. The number of piperidine rings is 1. The van der Waals surface area contributed by atoms with E-state index in [9.17, 15) is 4.79 Å². The molecule has 3 heteroatoms. The molecule has 3 nitrogen and oxygen atoms in total. The van der Waals surface area contributed by atoms with Crippen LogP contribution in [0.3, 0.4) is 0 Å². The van der Waals surface area contributed by atoms with E-state index in [-0.39, 0.29) is 5.41 Å². The van der Waals surface area contributed by atoms with Crippen molar-refractivity contribution in [1.82, 2.24) is 10.2 Å². The van der Waals surface area contributed by atoms with E-state index in [0.29, 0.717) is 5.91 Å². The second-order valence-electron chi connectivity index (χ2n) is 7.14. The average Bonchev–Trinajstić information content (AvgIpc) is 2.73. The summed E-state index contributed by atoms with van der Waals surface area (Å²) in [6.07, 6.45) is 6.85. The van der Waals surface area contributed by atoms with Crippen molar-refractivity contribution in [2.45, 2.75) is 59.3 Å². The van der Waals surface area contributed by atoms with Gasteiger partial charge in [-0.1, -0.05) is 20.8 Å².